The number of hydrogen-bond acceptors (Lipinski definition) is 5. The number of aromatic nitrogens is 1. The summed E-state index contributed by atoms with van der Waals surface area (Å²) in [5.74, 6) is 0.782. The van der Waals surface area contributed by atoms with Crippen LogP contribution in [0.2, 0.25) is 0 Å². The Hall–Kier alpha value is -1.86. The van der Waals surface area contributed by atoms with Gasteiger partial charge < -0.3 is 9.84 Å². The molecule has 0 spiro atoms. The summed E-state index contributed by atoms with van der Waals surface area (Å²) in [6, 6.07) is 6.56. The summed E-state index contributed by atoms with van der Waals surface area (Å²) in [5.41, 5.74) is 2.70. The van der Waals surface area contributed by atoms with E-state index in [4.69, 9.17) is 4.52 Å². The van der Waals surface area contributed by atoms with E-state index in [9.17, 15) is 8.42 Å². The minimum absolute atomic E-state index is 0.239. The number of hydrogen-bond donors (Lipinski definition) is 2. The summed E-state index contributed by atoms with van der Waals surface area (Å²) >= 11 is 0. The van der Waals surface area contributed by atoms with Gasteiger partial charge in [-0.05, 0) is 45.2 Å². The molecular formula is C13H17N3O3S. The normalized spacial score (nSPS) is 11.6. The Kier molecular flexibility index (Phi) is 4.10. The summed E-state index contributed by atoms with van der Waals surface area (Å²) in [7, 11) is -2.00. The van der Waals surface area contributed by atoms with Gasteiger partial charge in [0.25, 0.3) is 0 Å². The Bertz CT molecular complexity index is 671. The highest BCUT2D eigenvalue weighted by Crippen LogP contribution is 2.17. The van der Waals surface area contributed by atoms with Crippen LogP contribution < -0.4 is 10.0 Å². The van der Waals surface area contributed by atoms with Crippen LogP contribution in [0.5, 0.6) is 0 Å². The van der Waals surface area contributed by atoms with Gasteiger partial charge in [0, 0.05) is 17.8 Å². The molecule has 108 valence electrons. The van der Waals surface area contributed by atoms with Crippen LogP contribution in [-0.4, -0.2) is 20.6 Å². The van der Waals surface area contributed by atoms with E-state index in [0.29, 0.717) is 6.54 Å². The van der Waals surface area contributed by atoms with E-state index < -0.39 is 10.0 Å². The van der Waals surface area contributed by atoms with E-state index in [2.05, 4.69) is 15.2 Å². The molecule has 0 radical (unpaired) electrons. The van der Waals surface area contributed by atoms with E-state index in [1.54, 1.807) is 24.3 Å². The third-order valence-electron chi connectivity index (χ3n) is 3.08. The zero-order valence-corrected chi connectivity index (χ0v) is 12.4. The average Bonchev–Trinajstić information content (AvgIpc) is 2.76. The van der Waals surface area contributed by atoms with Crippen molar-refractivity contribution in [2.75, 3.05) is 12.4 Å². The van der Waals surface area contributed by atoms with Crippen LogP contribution in [-0.2, 0) is 16.6 Å². The van der Waals surface area contributed by atoms with E-state index in [1.807, 2.05) is 13.8 Å². The van der Waals surface area contributed by atoms with Gasteiger partial charge in [0.15, 0.2) is 0 Å². The summed E-state index contributed by atoms with van der Waals surface area (Å²) in [6.45, 7) is 4.33. The highest BCUT2D eigenvalue weighted by molar-refractivity contribution is 7.89. The number of rotatable bonds is 5. The Morgan fingerprint density at radius 3 is 2.35 bits per heavy atom. The fourth-order valence-corrected chi connectivity index (χ4v) is 2.54. The fourth-order valence-electron chi connectivity index (χ4n) is 1.81. The molecule has 1 aromatic heterocycles. The Balaban J connectivity index is 2.09. The van der Waals surface area contributed by atoms with Gasteiger partial charge in [0.2, 0.25) is 10.0 Å². The molecule has 0 fully saturated rings. The predicted molar refractivity (Wildman–Crippen MR) is 76.0 cm³/mol. The molecule has 0 unspecified atom stereocenters. The highest BCUT2D eigenvalue weighted by Gasteiger charge is 2.11. The quantitative estimate of drug-likeness (QED) is 0.879. The standard InChI is InChI=1S/C13H17N3O3S/c1-9-13(10(2)19-16-9)8-15-11-4-6-12(7-5-11)20(17,18)14-3/h4-7,14-15H,8H2,1-3H3. The van der Waals surface area contributed by atoms with Gasteiger partial charge in [-0.1, -0.05) is 5.16 Å². The Morgan fingerprint density at radius 1 is 1.20 bits per heavy atom. The molecule has 2 aromatic rings. The summed E-state index contributed by atoms with van der Waals surface area (Å²) in [5, 5.41) is 7.09. The number of nitrogens with one attached hydrogen (secondary N) is 2. The minimum atomic E-state index is -3.39. The highest BCUT2D eigenvalue weighted by atomic mass is 32.2. The molecule has 2 N–H and O–H groups in total. The molecule has 0 atom stereocenters. The van der Waals surface area contributed by atoms with Crippen molar-refractivity contribution in [1.82, 2.24) is 9.88 Å². The van der Waals surface area contributed by atoms with E-state index >= 15 is 0 Å². The topological polar surface area (TPSA) is 84.2 Å². The van der Waals surface area contributed by atoms with Crippen molar-refractivity contribution in [1.29, 1.82) is 0 Å². The van der Waals surface area contributed by atoms with Crippen LogP contribution in [0.3, 0.4) is 0 Å². The number of aryl methyl sites for hydroxylation is 2. The van der Waals surface area contributed by atoms with Crippen LogP contribution >= 0.6 is 0 Å². The zero-order valence-electron chi connectivity index (χ0n) is 11.6. The van der Waals surface area contributed by atoms with E-state index in [0.717, 1.165) is 22.7 Å². The van der Waals surface area contributed by atoms with Gasteiger partial charge in [0.1, 0.15) is 5.76 Å². The third kappa shape index (κ3) is 3.00. The lowest BCUT2D eigenvalue weighted by Gasteiger charge is -2.07. The Morgan fingerprint density at radius 2 is 1.85 bits per heavy atom. The van der Waals surface area contributed by atoms with E-state index in [-0.39, 0.29) is 4.90 Å². The second-order valence-corrected chi connectivity index (χ2v) is 6.27. The maximum Gasteiger partial charge on any atom is 0.240 e. The van der Waals surface area contributed by atoms with Gasteiger partial charge in [-0.25, -0.2) is 13.1 Å². The van der Waals surface area contributed by atoms with Crippen LogP contribution in [0.4, 0.5) is 5.69 Å². The smallest absolute Gasteiger partial charge is 0.240 e. The third-order valence-corrected chi connectivity index (χ3v) is 4.51. The van der Waals surface area contributed by atoms with Crippen molar-refractivity contribution < 1.29 is 12.9 Å². The molecule has 0 saturated carbocycles. The van der Waals surface area contributed by atoms with Crippen LogP contribution in [0, 0.1) is 13.8 Å². The first kappa shape index (κ1) is 14.5. The molecule has 0 saturated heterocycles. The van der Waals surface area contributed by atoms with Crippen molar-refractivity contribution in [3.63, 3.8) is 0 Å². The van der Waals surface area contributed by atoms with Crippen LogP contribution in [0.1, 0.15) is 17.0 Å². The SMILES string of the molecule is CNS(=O)(=O)c1ccc(NCc2c(C)noc2C)cc1. The van der Waals surface area contributed by atoms with Crippen molar-refractivity contribution in [3.8, 4) is 0 Å². The lowest BCUT2D eigenvalue weighted by Crippen LogP contribution is -2.18. The molecule has 1 heterocycles. The van der Waals surface area contributed by atoms with Crippen molar-refractivity contribution in [2.24, 2.45) is 0 Å². The second kappa shape index (κ2) is 5.64. The number of sulfonamides is 1. The van der Waals surface area contributed by atoms with Gasteiger partial charge in [-0.15, -0.1) is 0 Å². The lowest BCUT2D eigenvalue weighted by atomic mass is 10.2. The Labute approximate surface area is 118 Å². The molecule has 0 aliphatic carbocycles. The summed E-state index contributed by atoms with van der Waals surface area (Å²) < 4.78 is 30.5. The first-order chi connectivity index (χ1) is 9.44. The largest absolute Gasteiger partial charge is 0.381 e. The fraction of sp³-hybridized carbons (Fsp3) is 0.308. The summed E-state index contributed by atoms with van der Waals surface area (Å²) in [4.78, 5) is 0.239. The molecule has 0 aliphatic heterocycles. The first-order valence-corrected chi connectivity index (χ1v) is 7.61. The molecule has 7 heteroatoms. The average molecular weight is 295 g/mol. The maximum absolute atomic E-state index is 11.6. The van der Waals surface area contributed by atoms with Crippen LogP contribution in [0.25, 0.3) is 0 Å². The first-order valence-electron chi connectivity index (χ1n) is 6.13. The van der Waals surface area contributed by atoms with Crippen molar-refractivity contribution in [3.05, 3.63) is 41.3 Å². The molecule has 1 aromatic carbocycles. The van der Waals surface area contributed by atoms with Crippen LogP contribution in [0.15, 0.2) is 33.7 Å². The minimum Gasteiger partial charge on any atom is -0.381 e. The monoisotopic (exact) mass is 295 g/mol. The molecule has 20 heavy (non-hydrogen) atoms. The van der Waals surface area contributed by atoms with Gasteiger partial charge >= 0.3 is 0 Å². The number of anilines is 1. The number of benzene rings is 1. The summed E-state index contributed by atoms with van der Waals surface area (Å²) in [6.07, 6.45) is 0. The van der Waals surface area contributed by atoms with Crippen molar-refractivity contribution >= 4 is 15.7 Å². The zero-order chi connectivity index (χ0) is 14.8. The maximum atomic E-state index is 11.6. The molecule has 6 nitrogen and oxygen atoms in total. The van der Waals surface area contributed by atoms with Gasteiger partial charge in [-0.3, -0.25) is 0 Å². The van der Waals surface area contributed by atoms with Gasteiger partial charge in [-0.2, -0.15) is 0 Å². The van der Waals surface area contributed by atoms with E-state index in [1.165, 1.54) is 7.05 Å². The molecule has 0 amide bonds. The number of nitrogens with zero attached hydrogens (tertiary/aromatic N) is 1. The molecule has 2 rings (SSSR count). The predicted octanol–water partition coefficient (Wildman–Crippen LogP) is 1.81. The molecular weight excluding hydrogens is 278 g/mol. The van der Waals surface area contributed by atoms with Crippen molar-refractivity contribution in [2.45, 2.75) is 25.3 Å². The van der Waals surface area contributed by atoms with Gasteiger partial charge in [0.05, 0.1) is 10.6 Å². The lowest BCUT2D eigenvalue weighted by molar-refractivity contribution is 0.392. The second-order valence-electron chi connectivity index (χ2n) is 4.39. The molecule has 0 bridgehead atoms. The molecule has 0 aliphatic rings.